The van der Waals surface area contributed by atoms with Gasteiger partial charge in [-0.2, -0.15) is 0 Å². The minimum atomic E-state index is -0.919. The fourth-order valence-electron chi connectivity index (χ4n) is 4.83. The summed E-state index contributed by atoms with van der Waals surface area (Å²) in [4.78, 5) is 16.6. The van der Waals surface area contributed by atoms with E-state index >= 15 is 0 Å². The second kappa shape index (κ2) is 11.1. The molecule has 182 valence electrons. The lowest BCUT2D eigenvalue weighted by Crippen LogP contribution is -2.47. The summed E-state index contributed by atoms with van der Waals surface area (Å²) in [7, 11) is -0.919. The summed E-state index contributed by atoms with van der Waals surface area (Å²) in [5.74, 6) is 1.40. The van der Waals surface area contributed by atoms with Crippen LogP contribution in [0.1, 0.15) is 38.5 Å². The summed E-state index contributed by atoms with van der Waals surface area (Å²) in [6.07, 6.45) is 7.51. The van der Waals surface area contributed by atoms with Gasteiger partial charge in [-0.15, -0.1) is 0 Å². The van der Waals surface area contributed by atoms with Crippen molar-refractivity contribution in [1.29, 1.82) is 0 Å². The molecule has 1 atom stereocenters. The van der Waals surface area contributed by atoms with Gasteiger partial charge in [0.1, 0.15) is 5.82 Å². The fourth-order valence-corrected chi connectivity index (χ4v) is 5.47. The summed E-state index contributed by atoms with van der Waals surface area (Å²) in [6, 6.07) is 3.15. The van der Waals surface area contributed by atoms with Gasteiger partial charge >= 0.3 is 0 Å². The molecule has 1 aliphatic heterocycles. The molecule has 1 unspecified atom stereocenters. The van der Waals surface area contributed by atoms with E-state index in [1.54, 1.807) is 12.3 Å². The lowest BCUT2D eigenvalue weighted by atomic mass is 9.84. The zero-order chi connectivity index (χ0) is 23.4. The monoisotopic (exact) mass is 498 g/mol. The Morgan fingerprint density at radius 2 is 1.97 bits per heavy atom. The second-order valence-corrected chi connectivity index (χ2v) is 11.2. The maximum absolute atomic E-state index is 13.7. The van der Waals surface area contributed by atoms with E-state index in [1.807, 2.05) is 0 Å². The first-order chi connectivity index (χ1) is 15.9. The number of carbonyl (C=O) groups excluding carboxylic acids is 1. The number of hydrogen-bond acceptors (Lipinski definition) is 6. The molecular weight excluding hydrogens is 467 g/mol. The van der Waals surface area contributed by atoms with Crippen LogP contribution in [0.3, 0.4) is 0 Å². The molecule has 1 aromatic heterocycles. The largest absolute Gasteiger partial charge is 0.354 e. The molecule has 1 aromatic carbocycles. The molecule has 1 saturated carbocycles. The van der Waals surface area contributed by atoms with Crippen LogP contribution >= 0.6 is 11.6 Å². The van der Waals surface area contributed by atoms with Crippen molar-refractivity contribution in [2.75, 3.05) is 49.6 Å². The van der Waals surface area contributed by atoms with Crippen molar-refractivity contribution in [3.8, 4) is 0 Å². The van der Waals surface area contributed by atoms with Gasteiger partial charge in [0.2, 0.25) is 5.91 Å². The van der Waals surface area contributed by atoms with Crippen molar-refractivity contribution >= 4 is 45.1 Å². The number of fused-ring (bicyclic) bond motifs is 1. The quantitative estimate of drug-likeness (QED) is 0.599. The Morgan fingerprint density at radius 3 is 2.67 bits per heavy atom. The third-order valence-electron chi connectivity index (χ3n) is 6.85. The molecule has 1 amide bonds. The molecule has 2 aliphatic rings. The van der Waals surface area contributed by atoms with Crippen LogP contribution in [0.25, 0.3) is 11.0 Å². The average molecular weight is 499 g/mol. The third kappa shape index (κ3) is 6.45. The molecular formula is C23H32ClFN4O3S. The SMILES string of the molecule is CS(=O)CCC(=O)NC1CCC(CCN2CCN(c3noc4cc(F)c(Cl)cc34)CC2)CC1. The first-order valence-corrected chi connectivity index (χ1v) is 13.8. The number of amides is 1. The number of benzene rings is 1. The topological polar surface area (TPSA) is 78.7 Å². The van der Waals surface area contributed by atoms with E-state index in [1.165, 1.54) is 12.5 Å². The van der Waals surface area contributed by atoms with E-state index in [4.69, 9.17) is 16.1 Å². The van der Waals surface area contributed by atoms with Crippen molar-refractivity contribution in [2.24, 2.45) is 5.92 Å². The zero-order valence-electron chi connectivity index (χ0n) is 19.0. The van der Waals surface area contributed by atoms with Gasteiger partial charge in [-0.3, -0.25) is 13.9 Å². The molecule has 0 radical (unpaired) electrons. The number of hydrogen-bond donors (Lipinski definition) is 1. The van der Waals surface area contributed by atoms with Crippen LogP contribution in [0, 0.1) is 11.7 Å². The van der Waals surface area contributed by atoms with Crippen molar-refractivity contribution in [2.45, 2.75) is 44.6 Å². The molecule has 1 N–H and O–H groups in total. The number of anilines is 1. The van der Waals surface area contributed by atoms with Crippen LogP contribution in [-0.4, -0.2) is 70.9 Å². The number of nitrogens with zero attached hydrogens (tertiary/aromatic N) is 3. The third-order valence-corrected chi connectivity index (χ3v) is 7.92. The summed E-state index contributed by atoms with van der Waals surface area (Å²) in [5.41, 5.74) is 0.418. The summed E-state index contributed by atoms with van der Waals surface area (Å²) >= 11 is 5.95. The highest BCUT2D eigenvalue weighted by Crippen LogP contribution is 2.31. The van der Waals surface area contributed by atoms with Crippen LogP contribution in [-0.2, 0) is 15.6 Å². The van der Waals surface area contributed by atoms with Crippen LogP contribution in [0.4, 0.5) is 10.2 Å². The molecule has 1 saturated heterocycles. The zero-order valence-corrected chi connectivity index (χ0v) is 20.6. The lowest BCUT2D eigenvalue weighted by Gasteiger charge is -2.36. The molecule has 2 heterocycles. The number of piperazine rings is 1. The maximum atomic E-state index is 13.7. The second-order valence-electron chi connectivity index (χ2n) is 9.20. The number of nitrogens with one attached hydrogen (secondary N) is 1. The molecule has 0 spiro atoms. The van der Waals surface area contributed by atoms with Gasteiger partial charge in [-0.05, 0) is 50.6 Å². The van der Waals surface area contributed by atoms with Crippen molar-refractivity contribution in [1.82, 2.24) is 15.4 Å². The van der Waals surface area contributed by atoms with E-state index in [-0.39, 0.29) is 17.0 Å². The highest BCUT2D eigenvalue weighted by Gasteiger charge is 2.25. The maximum Gasteiger partial charge on any atom is 0.221 e. The van der Waals surface area contributed by atoms with Crippen LogP contribution < -0.4 is 10.2 Å². The summed E-state index contributed by atoms with van der Waals surface area (Å²) < 4.78 is 30.1. The number of rotatable bonds is 8. The molecule has 2 fully saturated rings. The minimum Gasteiger partial charge on any atom is -0.354 e. The van der Waals surface area contributed by atoms with Gasteiger partial charge in [-0.25, -0.2) is 4.39 Å². The van der Waals surface area contributed by atoms with E-state index in [0.717, 1.165) is 69.6 Å². The number of halogens is 2. The van der Waals surface area contributed by atoms with Gasteiger partial charge in [0.25, 0.3) is 0 Å². The van der Waals surface area contributed by atoms with Crippen molar-refractivity contribution in [3.63, 3.8) is 0 Å². The highest BCUT2D eigenvalue weighted by atomic mass is 35.5. The summed E-state index contributed by atoms with van der Waals surface area (Å²) in [6.45, 7) is 4.67. The predicted octanol–water partition coefficient (Wildman–Crippen LogP) is 3.58. The fraction of sp³-hybridized carbons (Fsp3) is 0.652. The Bertz CT molecular complexity index is 987. The van der Waals surface area contributed by atoms with E-state index in [9.17, 15) is 13.4 Å². The highest BCUT2D eigenvalue weighted by molar-refractivity contribution is 7.84. The van der Waals surface area contributed by atoms with Crippen molar-refractivity contribution in [3.05, 3.63) is 23.0 Å². The lowest BCUT2D eigenvalue weighted by molar-refractivity contribution is -0.121. The molecule has 0 bridgehead atoms. The van der Waals surface area contributed by atoms with Gasteiger partial charge in [0.05, 0.1) is 10.4 Å². The van der Waals surface area contributed by atoms with E-state index < -0.39 is 16.6 Å². The van der Waals surface area contributed by atoms with Crippen LogP contribution in [0.5, 0.6) is 0 Å². The Labute approximate surface area is 201 Å². The van der Waals surface area contributed by atoms with Gasteiger partial charge in [-0.1, -0.05) is 16.8 Å². The normalized spacial score (nSPS) is 23.1. The smallest absolute Gasteiger partial charge is 0.221 e. The van der Waals surface area contributed by atoms with Crippen LogP contribution in [0.2, 0.25) is 5.02 Å². The number of aromatic nitrogens is 1. The Hall–Kier alpha value is -1.71. The molecule has 4 rings (SSSR count). The first-order valence-electron chi connectivity index (χ1n) is 11.7. The molecule has 1 aliphatic carbocycles. The average Bonchev–Trinajstić information content (AvgIpc) is 3.20. The van der Waals surface area contributed by atoms with Gasteiger partial charge in [0, 0.05) is 67.5 Å². The van der Waals surface area contributed by atoms with E-state index in [2.05, 4.69) is 20.3 Å². The Kier molecular flexibility index (Phi) is 8.24. The molecule has 7 nitrogen and oxygen atoms in total. The summed E-state index contributed by atoms with van der Waals surface area (Å²) in [5, 5.41) is 8.09. The predicted molar refractivity (Wildman–Crippen MR) is 130 cm³/mol. The Balaban J connectivity index is 1.17. The first kappa shape index (κ1) is 24.4. The molecule has 10 heteroatoms. The van der Waals surface area contributed by atoms with Gasteiger partial charge in [0.15, 0.2) is 11.4 Å². The Morgan fingerprint density at radius 1 is 1.24 bits per heavy atom. The van der Waals surface area contributed by atoms with Gasteiger partial charge < -0.3 is 14.7 Å². The van der Waals surface area contributed by atoms with Crippen molar-refractivity contribution < 1.29 is 17.9 Å². The molecule has 2 aromatic rings. The van der Waals surface area contributed by atoms with E-state index in [0.29, 0.717) is 23.7 Å². The van der Waals surface area contributed by atoms with Crippen LogP contribution in [0.15, 0.2) is 16.7 Å². The molecule has 33 heavy (non-hydrogen) atoms. The minimum absolute atomic E-state index is 0.0267. The standard InChI is InChI=1S/C23H32ClFN4O3S/c1-33(31)13-7-22(30)26-17-4-2-16(3-5-17)6-8-28-9-11-29(12-10-28)23-18-14-19(24)20(25)15-21(18)32-27-23/h14-17H,2-13H2,1H3,(H,26,30). The number of carbonyl (C=O) groups is 1.